The second-order valence-electron chi connectivity index (χ2n) is 7.14. The van der Waals surface area contributed by atoms with E-state index in [1.165, 1.54) is 47.0 Å². The number of amides is 1. The van der Waals surface area contributed by atoms with E-state index in [0.29, 0.717) is 23.6 Å². The average molecular weight is 438 g/mol. The first-order valence-electron chi connectivity index (χ1n) is 10.3. The molecule has 166 valence electrons. The van der Waals surface area contributed by atoms with Crippen molar-refractivity contribution >= 4 is 11.6 Å². The minimum Gasteiger partial charge on any atom is -0.459 e. The molecule has 0 atom stereocenters. The fourth-order valence-electron chi connectivity index (χ4n) is 3.20. The van der Waals surface area contributed by atoms with Crippen molar-refractivity contribution in [3.63, 3.8) is 0 Å². The monoisotopic (exact) mass is 438 g/mol. The van der Waals surface area contributed by atoms with Crippen LogP contribution in [-0.2, 0) is 0 Å². The molecule has 0 aliphatic heterocycles. The molecule has 1 N–H and O–H groups in total. The van der Waals surface area contributed by atoms with Gasteiger partial charge in [-0.3, -0.25) is 14.2 Å². The van der Waals surface area contributed by atoms with Crippen molar-refractivity contribution in [2.45, 2.75) is 33.6 Å². The smallest absolute Gasteiger partial charge is 0.268 e. The summed E-state index contributed by atoms with van der Waals surface area (Å²) in [7, 11) is 0. The number of allylic oxidation sites excluding steroid dienone is 2. The molecule has 0 bridgehead atoms. The van der Waals surface area contributed by atoms with Crippen molar-refractivity contribution in [1.82, 2.24) is 4.57 Å². The molecule has 1 amide bonds. The molecule has 1 heterocycles. The predicted octanol–water partition coefficient (Wildman–Crippen LogP) is 5.76. The zero-order chi connectivity index (χ0) is 23.3. The van der Waals surface area contributed by atoms with Crippen LogP contribution in [0.1, 0.15) is 42.7 Å². The number of aromatic nitrogens is 1. The molecule has 3 rings (SSSR count). The SMILES string of the molecule is CC/C=C(\CC)Oc1ccc(NC(=O)c2ccc(C)n(-c3ccc(F)cc3)c2=O)cc1F. The van der Waals surface area contributed by atoms with Gasteiger partial charge < -0.3 is 10.1 Å². The van der Waals surface area contributed by atoms with Crippen LogP contribution < -0.4 is 15.6 Å². The first kappa shape index (κ1) is 22.9. The molecule has 5 nitrogen and oxygen atoms in total. The third kappa shape index (κ3) is 5.11. The molecule has 0 unspecified atom stereocenters. The maximum atomic E-state index is 14.5. The number of nitrogens with one attached hydrogen (secondary N) is 1. The molecule has 0 spiro atoms. The Hall–Kier alpha value is -3.74. The zero-order valence-corrected chi connectivity index (χ0v) is 18.1. The summed E-state index contributed by atoms with van der Waals surface area (Å²) in [4.78, 5) is 25.7. The van der Waals surface area contributed by atoms with Crippen molar-refractivity contribution in [1.29, 1.82) is 0 Å². The van der Waals surface area contributed by atoms with Gasteiger partial charge in [0.15, 0.2) is 11.6 Å². The molecular weight excluding hydrogens is 414 g/mol. The van der Waals surface area contributed by atoms with Crippen LogP contribution in [0.15, 0.2) is 71.2 Å². The van der Waals surface area contributed by atoms with Gasteiger partial charge in [0.1, 0.15) is 11.4 Å². The highest BCUT2D eigenvalue weighted by Gasteiger charge is 2.16. The number of rotatable bonds is 7. The maximum absolute atomic E-state index is 14.5. The lowest BCUT2D eigenvalue weighted by atomic mass is 10.2. The van der Waals surface area contributed by atoms with E-state index in [-0.39, 0.29) is 17.0 Å². The van der Waals surface area contributed by atoms with Gasteiger partial charge in [-0.15, -0.1) is 0 Å². The Labute approximate surface area is 185 Å². The summed E-state index contributed by atoms with van der Waals surface area (Å²) < 4.78 is 34.6. The summed E-state index contributed by atoms with van der Waals surface area (Å²) in [5, 5.41) is 2.54. The Morgan fingerprint density at radius 1 is 1.06 bits per heavy atom. The Morgan fingerprint density at radius 2 is 1.78 bits per heavy atom. The van der Waals surface area contributed by atoms with E-state index in [1.54, 1.807) is 13.0 Å². The summed E-state index contributed by atoms with van der Waals surface area (Å²) >= 11 is 0. The number of carbonyl (C=O) groups excluding carboxylic acids is 1. The van der Waals surface area contributed by atoms with Crippen molar-refractivity contribution in [2.75, 3.05) is 5.32 Å². The molecule has 1 aromatic heterocycles. The van der Waals surface area contributed by atoms with E-state index < -0.39 is 23.1 Å². The zero-order valence-electron chi connectivity index (χ0n) is 18.1. The fourth-order valence-corrected chi connectivity index (χ4v) is 3.20. The number of ether oxygens (including phenoxy) is 1. The van der Waals surface area contributed by atoms with Gasteiger partial charge in [-0.25, -0.2) is 8.78 Å². The summed E-state index contributed by atoms with van der Waals surface area (Å²) in [6.07, 6.45) is 3.27. The molecule has 3 aromatic rings. The van der Waals surface area contributed by atoms with Crippen molar-refractivity contribution < 1.29 is 18.3 Å². The fraction of sp³-hybridized carbons (Fsp3) is 0.200. The van der Waals surface area contributed by atoms with E-state index in [0.717, 1.165) is 12.5 Å². The number of nitrogens with zero attached hydrogens (tertiary/aromatic N) is 1. The molecule has 0 aliphatic carbocycles. The van der Waals surface area contributed by atoms with Crippen LogP contribution in [0.25, 0.3) is 5.69 Å². The highest BCUT2D eigenvalue weighted by atomic mass is 19.1. The van der Waals surface area contributed by atoms with Crippen molar-refractivity contribution in [2.24, 2.45) is 0 Å². The number of benzene rings is 2. The van der Waals surface area contributed by atoms with Crippen LogP contribution in [0.2, 0.25) is 0 Å². The highest BCUT2D eigenvalue weighted by molar-refractivity contribution is 6.04. The minimum absolute atomic E-state index is 0.0542. The number of pyridine rings is 1. The Bertz CT molecular complexity index is 1210. The third-order valence-electron chi connectivity index (χ3n) is 4.82. The number of hydrogen-bond acceptors (Lipinski definition) is 3. The van der Waals surface area contributed by atoms with Gasteiger partial charge in [0, 0.05) is 29.6 Å². The van der Waals surface area contributed by atoms with Crippen LogP contribution in [-0.4, -0.2) is 10.5 Å². The van der Waals surface area contributed by atoms with Gasteiger partial charge >= 0.3 is 0 Å². The molecule has 2 aromatic carbocycles. The normalized spacial score (nSPS) is 11.3. The lowest BCUT2D eigenvalue weighted by Gasteiger charge is -2.13. The molecule has 0 saturated heterocycles. The molecule has 7 heteroatoms. The van der Waals surface area contributed by atoms with Crippen molar-refractivity contribution in [3.05, 3.63) is 99.7 Å². The van der Waals surface area contributed by atoms with Gasteiger partial charge in [-0.05, 0) is 68.0 Å². The Morgan fingerprint density at radius 3 is 2.41 bits per heavy atom. The summed E-state index contributed by atoms with van der Waals surface area (Å²) in [6.45, 7) is 5.58. The standard InChI is InChI=1S/C25H24F2N2O3/c1-4-6-20(5-2)32-23-14-10-18(15-22(23)27)28-24(30)21-13-7-16(3)29(25(21)31)19-11-8-17(26)9-12-19/h6-15H,4-5H2,1-3H3,(H,28,30)/b20-6+. The van der Waals surface area contributed by atoms with E-state index >= 15 is 0 Å². The van der Waals surface area contributed by atoms with E-state index in [2.05, 4.69) is 5.32 Å². The Balaban J connectivity index is 1.85. The van der Waals surface area contributed by atoms with Gasteiger partial charge in [-0.1, -0.05) is 13.8 Å². The van der Waals surface area contributed by atoms with Crippen LogP contribution >= 0.6 is 0 Å². The van der Waals surface area contributed by atoms with Crippen LogP contribution in [0.4, 0.5) is 14.5 Å². The quantitative estimate of drug-likeness (QED) is 0.477. The topological polar surface area (TPSA) is 60.3 Å². The number of hydrogen-bond donors (Lipinski definition) is 1. The Kier molecular flexibility index (Phi) is 7.20. The molecule has 0 saturated carbocycles. The molecule has 0 radical (unpaired) electrons. The van der Waals surface area contributed by atoms with Crippen molar-refractivity contribution in [3.8, 4) is 11.4 Å². The largest absolute Gasteiger partial charge is 0.459 e. The van der Waals surface area contributed by atoms with Crippen LogP contribution in [0, 0.1) is 18.6 Å². The van der Waals surface area contributed by atoms with Gasteiger partial charge in [0.2, 0.25) is 0 Å². The van der Waals surface area contributed by atoms with Gasteiger partial charge in [0.05, 0.1) is 5.76 Å². The number of aryl methyl sites for hydroxylation is 1. The summed E-state index contributed by atoms with van der Waals surface area (Å²) in [5.74, 6) is -1.04. The molecule has 0 aliphatic rings. The average Bonchev–Trinajstić information content (AvgIpc) is 2.76. The lowest BCUT2D eigenvalue weighted by molar-refractivity contribution is 0.102. The second-order valence-corrected chi connectivity index (χ2v) is 7.14. The summed E-state index contributed by atoms with van der Waals surface area (Å²) in [5.41, 5.74) is 0.512. The summed E-state index contributed by atoms with van der Waals surface area (Å²) in [6, 6.07) is 12.5. The van der Waals surface area contributed by atoms with Crippen LogP contribution in [0.5, 0.6) is 5.75 Å². The molecule has 32 heavy (non-hydrogen) atoms. The molecule has 0 fully saturated rings. The van der Waals surface area contributed by atoms with Gasteiger partial charge in [-0.2, -0.15) is 0 Å². The lowest BCUT2D eigenvalue weighted by Crippen LogP contribution is -2.29. The predicted molar refractivity (Wildman–Crippen MR) is 120 cm³/mol. The van der Waals surface area contributed by atoms with E-state index in [4.69, 9.17) is 4.74 Å². The van der Waals surface area contributed by atoms with Gasteiger partial charge in [0.25, 0.3) is 11.5 Å². The number of anilines is 1. The first-order valence-corrected chi connectivity index (χ1v) is 10.3. The van der Waals surface area contributed by atoms with E-state index in [1.807, 2.05) is 19.9 Å². The number of carbonyl (C=O) groups is 1. The third-order valence-corrected chi connectivity index (χ3v) is 4.82. The first-order chi connectivity index (χ1) is 15.3. The van der Waals surface area contributed by atoms with E-state index in [9.17, 15) is 18.4 Å². The van der Waals surface area contributed by atoms with Crippen LogP contribution in [0.3, 0.4) is 0 Å². The second kappa shape index (κ2) is 10.0. The highest BCUT2D eigenvalue weighted by Crippen LogP contribution is 2.24. The minimum atomic E-state index is -0.681. The molecular formula is C25H24F2N2O3. The maximum Gasteiger partial charge on any atom is 0.268 e. The number of halogens is 2.